The highest BCUT2D eigenvalue weighted by Crippen LogP contribution is 2.47. The molecule has 8 nitrogen and oxygen atoms in total. The maximum absolute atomic E-state index is 15.2. The summed E-state index contributed by atoms with van der Waals surface area (Å²) < 4.78 is 26.6. The smallest absolute Gasteiger partial charge is 0.330 e. The van der Waals surface area contributed by atoms with Crippen LogP contribution < -0.4 is 11.2 Å². The fourth-order valence-electron chi connectivity index (χ4n) is 2.68. The fourth-order valence-corrected chi connectivity index (χ4v) is 2.68. The minimum Gasteiger partial charge on any atom is -0.463 e. The molecule has 2 heterocycles. The van der Waals surface area contributed by atoms with Gasteiger partial charge in [-0.15, -0.1) is 0 Å². The molecule has 0 unspecified atom stereocenters. The molecule has 0 aromatic carbocycles. The Morgan fingerprint density at radius 3 is 2.76 bits per heavy atom. The van der Waals surface area contributed by atoms with E-state index in [1.165, 1.54) is 6.92 Å². The first kappa shape index (κ1) is 19.3. The number of nitrogens with one attached hydrogen (secondary N) is 1. The van der Waals surface area contributed by atoms with Gasteiger partial charge in [-0.25, -0.2) is 9.18 Å². The predicted octanol–water partition coefficient (Wildman–Crippen LogP) is 0.647. The number of halogens is 1. The number of ether oxygens (including phenoxy) is 2. The molecule has 2 N–H and O–H groups in total. The van der Waals surface area contributed by atoms with E-state index in [0.29, 0.717) is 6.42 Å². The molecule has 0 radical (unpaired) electrons. The van der Waals surface area contributed by atoms with Gasteiger partial charge in [0.25, 0.3) is 5.56 Å². The van der Waals surface area contributed by atoms with Gasteiger partial charge in [-0.2, -0.15) is 0 Å². The number of aliphatic hydroxyl groups is 1. The van der Waals surface area contributed by atoms with Gasteiger partial charge in [0.1, 0.15) is 18.3 Å². The van der Waals surface area contributed by atoms with Crippen LogP contribution in [0.5, 0.6) is 0 Å². The Morgan fingerprint density at radius 1 is 1.48 bits per heavy atom. The molecule has 1 aliphatic heterocycles. The lowest BCUT2D eigenvalue weighted by Gasteiger charge is -2.32. The summed E-state index contributed by atoms with van der Waals surface area (Å²) in [4.78, 5) is 36.7. The third-order valence-corrected chi connectivity index (χ3v) is 4.61. The lowest BCUT2D eigenvalue weighted by atomic mass is 9.84. The number of hydrogen-bond donors (Lipinski definition) is 2. The maximum atomic E-state index is 15.2. The van der Waals surface area contributed by atoms with E-state index in [1.54, 1.807) is 0 Å². The molecular formula is C16H23FN2O6. The number of rotatable bonds is 6. The van der Waals surface area contributed by atoms with Crippen molar-refractivity contribution in [2.75, 3.05) is 6.61 Å². The molecule has 140 valence electrons. The predicted molar refractivity (Wildman–Crippen MR) is 85.9 cm³/mol. The topological polar surface area (TPSA) is 111 Å². The van der Waals surface area contributed by atoms with Crippen LogP contribution in [0.25, 0.3) is 0 Å². The van der Waals surface area contributed by atoms with Gasteiger partial charge in [-0.1, -0.05) is 13.3 Å². The zero-order valence-corrected chi connectivity index (χ0v) is 14.5. The lowest BCUT2D eigenvalue weighted by Crippen LogP contribution is -2.53. The van der Waals surface area contributed by atoms with Crippen molar-refractivity contribution in [3.63, 3.8) is 0 Å². The number of aromatic amines is 1. The summed E-state index contributed by atoms with van der Waals surface area (Å²) >= 11 is 0. The highest BCUT2D eigenvalue weighted by molar-refractivity contribution is 5.69. The van der Waals surface area contributed by atoms with Gasteiger partial charge >= 0.3 is 11.7 Å². The molecular weight excluding hydrogens is 335 g/mol. The van der Waals surface area contributed by atoms with E-state index in [1.807, 2.05) is 11.9 Å². The Balaban J connectivity index is 2.20. The molecule has 2 rings (SSSR count). The molecule has 0 saturated carbocycles. The Kier molecular flexibility index (Phi) is 5.48. The monoisotopic (exact) mass is 358 g/mol. The molecule has 1 aliphatic rings. The summed E-state index contributed by atoms with van der Waals surface area (Å²) in [7, 11) is 0. The van der Waals surface area contributed by atoms with E-state index in [4.69, 9.17) is 9.47 Å². The minimum absolute atomic E-state index is 0.223. The van der Waals surface area contributed by atoms with Crippen LogP contribution in [0.2, 0.25) is 0 Å². The third kappa shape index (κ3) is 3.67. The summed E-state index contributed by atoms with van der Waals surface area (Å²) in [6.07, 6.45) is 0.156. The molecule has 1 aromatic rings. The number of carbonyl (C=O) groups excluding carboxylic acids is 1. The van der Waals surface area contributed by atoms with E-state index in [-0.39, 0.29) is 13.0 Å². The van der Waals surface area contributed by atoms with Crippen LogP contribution in [0.15, 0.2) is 21.9 Å². The van der Waals surface area contributed by atoms with E-state index in [9.17, 15) is 19.5 Å². The first-order chi connectivity index (χ1) is 11.6. The van der Waals surface area contributed by atoms with Crippen LogP contribution in [-0.2, 0) is 14.3 Å². The van der Waals surface area contributed by atoms with Crippen LogP contribution in [0, 0.1) is 0 Å². The largest absolute Gasteiger partial charge is 0.463 e. The van der Waals surface area contributed by atoms with E-state index in [2.05, 4.69) is 0 Å². The molecule has 0 spiro atoms. The van der Waals surface area contributed by atoms with Gasteiger partial charge in [0.2, 0.25) is 0 Å². The van der Waals surface area contributed by atoms with Crippen molar-refractivity contribution in [3.8, 4) is 0 Å². The third-order valence-electron chi connectivity index (χ3n) is 4.61. The highest BCUT2D eigenvalue weighted by Gasteiger charge is 2.63. The van der Waals surface area contributed by atoms with E-state index < -0.39 is 40.8 Å². The van der Waals surface area contributed by atoms with Crippen molar-refractivity contribution in [1.82, 2.24) is 9.55 Å². The zero-order chi connectivity index (χ0) is 18.8. The van der Waals surface area contributed by atoms with Crippen LogP contribution in [0.1, 0.15) is 46.3 Å². The molecule has 4 atom stereocenters. The van der Waals surface area contributed by atoms with Crippen molar-refractivity contribution < 1.29 is 23.8 Å². The SMILES string of the molecule is CCCCC(=O)OC[C@H]1O[C@H](n2ccc(=O)[nH]c2=O)[C@](C)(F)[C@]1(C)O. The Bertz CT molecular complexity index is 739. The van der Waals surface area contributed by atoms with Crippen LogP contribution in [0.3, 0.4) is 0 Å². The molecule has 1 fully saturated rings. The van der Waals surface area contributed by atoms with Crippen molar-refractivity contribution in [2.45, 2.75) is 63.6 Å². The summed E-state index contributed by atoms with van der Waals surface area (Å²) in [6.45, 7) is 3.89. The van der Waals surface area contributed by atoms with Crippen LogP contribution in [-0.4, -0.2) is 44.6 Å². The van der Waals surface area contributed by atoms with Gasteiger partial charge in [-0.3, -0.25) is 19.1 Å². The van der Waals surface area contributed by atoms with Gasteiger partial charge in [0, 0.05) is 18.7 Å². The van der Waals surface area contributed by atoms with Gasteiger partial charge in [-0.05, 0) is 20.3 Å². The molecule has 0 amide bonds. The van der Waals surface area contributed by atoms with Gasteiger partial charge < -0.3 is 14.6 Å². The number of nitrogens with zero attached hydrogens (tertiary/aromatic N) is 1. The Labute approximate surface area is 143 Å². The number of unbranched alkanes of at least 4 members (excludes halogenated alkanes) is 1. The second kappa shape index (κ2) is 7.09. The molecule has 1 saturated heterocycles. The summed E-state index contributed by atoms with van der Waals surface area (Å²) in [6, 6.07) is 1.05. The summed E-state index contributed by atoms with van der Waals surface area (Å²) in [5, 5.41) is 10.6. The number of alkyl halides is 1. The fraction of sp³-hybridized carbons (Fsp3) is 0.688. The summed E-state index contributed by atoms with van der Waals surface area (Å²) in [5.74, 6) is -0.466. The number of esters is 1. The first-order valence-electron chi connectivity index (χ1n) is 8.15. The molecule has 0 aliphatic carbocycles. The molecule has 9 heteroatoms. The van der Waals surface area contributed by atoms with Crippen molar-refractivity contribution >= 4 is 5.97 Å². The maximum Gasteiger partial charge on any atom is 0.330 e. The second-order valence-electron chi connectivity index (χ2n) is 6.50. The minimum atomic E-state index is -2.37. The van der Waals surface area contributed by atoms with Crippen LogP contribution in [0.4, 0.5) is 4.39 Å². The standard InChI is InChI=1S/C16H23FN2O6/c1-4-5-6-12(21)24-9-10-16(3,23)15(2,17)13(25-10)19-8-7-11(20)18-14(19)22/h7-8,10,13,23H,4-6,9H2,1-3H3,(H,18,20,22)/t10-,13+,15+,16-/m1/s1. The lowest BCUT2D eigenvalue weighted by molar-refractivity contribution is -0.153. The van der Waals surface area contributed by atoms with Crippen molar-refractivity contribution in [3.05, 3.63) is 33.1 Å². The average molecular weight is 358 g/mol. The average Bonchev–Trinajstić information content (AvgIpc) is 2.70. The number of carbonyl (C=O) groups is 1. The molecule has 25 heavy (non-hydrogen) atoms. The van der Waals surface area contributed by atoms with Crippen molar-refractivity contribution in [1.29, 1.82) is 0 Å². The van der Waals surface area contributed by atoms with Crippen LogP contribution >= 0.6 is 0 Å². The quantitative estimate of drug-likeness (QED) is 0.722. The summed E-state index contributed by atoms with van der Waals surface area (Å²) in [5.41, 5.74) is -5.88. The Hall–Kier alpha value is -2.00. The van der Waals surface area contributed by atoms with E-state index >= 15 is 4.39 Å². The second-order valence-corrected chi connectivity index (χ2v) is 6.50. The van der Waals surface area contributed by atoms with Crippen molar-refractivity contribution in [2.24, 2.45) is 0 Å². The number of hydrogen-bond acceptors (Lipinski definition) is 6. The van der Waals surface area contributed by atoms with E-state index in [0.717, 1.165) is 30.2 Å². The highest BCUT2D eigenvalue weighted by atomic mass is 19.1. The zero-order valence-electron chi connectivity index (χ0n) is 14.5. The van der Waals surface area contributed by atoms with Gasteiger partial charge in [0.05, 0.1) is 0 Å². The first-order valence-corrected chi connectivity index (χ1v) is 8.15. The van der Waals surface area contributed by atoms with Gasteiger partial charge in [0.15, 0.2) is 11.9 Å². The number of H-pyrrole nitrogens is 1. The number of aromatic nitrogens is 2. The normalized spacial score (nSPS) is 31.9. The Morgan fingerprint density at radius 2 is 2.16 bits per heavy atom. The molecule has 1 aromatic heterocycles. The molecule has 0 bridgehead atoms.